The Hall–Kier alpha value is -3.48. The summed E-state index contributed by atoms with van der Waals surface area (Å²) in [5.41, 5.74) is 4.09. The zero-order chi connectivity index (χ0) is 16.8. The van der Waals surface area contributed by atoms with Gasteiger partial charge in [-0.15, -0.1) is 14.8 Å². The van der Waals surface area contributed by atoms with E-state index in [0.717, 1.165) is 12.2 Å². The highest BCUT2D eigenvalue weighted by atomic mass is 15.6. The van der Waals surface area contributed by atoms with E-state index in [-0.39, 0.29) is 0 Å². The second-order valence-corrected chi connectivity index (χ2v) is 5.86. The summed E-state index contributed by atoms with van der Waals surface area (Å²) in [5, 5.41) is 21.5. The van der Waals surface area contributed by atoms with Crippen molar-refractivity contribution in [1.82, 2.24) is 29.8 Å². The van der Waals surface area contributed by atoms with Gasteiger partial charge in [-0.25, -0.2) is 0 Å². The number of hydrogen-bond acceptors (Lipinski definition) is 5. The van der Waals surface area contributed by atoms with E-state index in [1.807, 2.05) is 12.1 Å². The van der Waals surface area contributed by atoms with E-state index < -0.39 is 0 Å². The van der Waals surface area contributed by atoms with Crippen molar-refractivity contribution < 1.29 is 0 Å². The van der Waals surface area contributed by atoms with Crippen LogP contribution in [-0.4, -0.2) is 29.8 Å². The molecule has 25 heavy (non-hydrogen) atoms. The standard InChI is InChI=1S/C18H15N7/c1-2-24-15-6-4-3-5-13(15)14-11-12(7-8-16(14)24)19-17-9-10-18-20-22-23-25(18)21-17/h3-11H,2H2,1H3,(H,19,21). The molecule has 0 bridgehead atoms. The first-order chi connectivity index (χ1) is 12.3. The zero-order valence-corrected chi connectivity index (χ0v) is 13.6. The molecule has 7 nitrogen and oxygen atoms in total. The first-order valence-corrected chi connectivity index (χ1v) is 8.17. The van der Waals surface area contributed by atoms with Gasteiger partial charge in [-0.3, -0.25) is 0 Å². The minimum Gasteiger partial charge on any atom is -0.341 e. The van der Waals surface area contributed by atoms with E-state index in [1.54, 1.807) is 0 Å². The van der Waals surface area contributed by atoms with Gasteiger partial charge in [0.15, 0.2) is 11.5 Å². The van der Waals surface area contributed by atoms with Crippen molar-refractivity contribution in [1.29, 1.82) is 0 Å². The summed E-state index contributed by atoms with van der Waals surface area (Å²) in [6.45, 7) is 3.11. The van der Waals surface area contributed by atoms with Crippen LogP contribution in [0, 0.1) is 0 Å². The highest BCUT2D eigenvalue weighted by Gasteiger charge is 2.10. The third kappa shape index (κ3) is 2.13. The van der Waals surface area contributed by atoms with Crippen LogP contribution in [0.2, 0.25) is 0 Å². The van der Waals surface area contributed by atoms with Gasteiger partial charge in [0.1, 0.15) is 0 Å². The minimum atomic E-state index is 0.618. The summed E-state index contributed by atoms with van der Waals surface area (Å²) in [4.78, 5) is 0. The Labute approximate surface area is 142 Å². The number of tetrazole rings is 1. The van der Waals surface area contributed by atoms with Crippen LogP contribution in [0.25, 0.3) is 27.5 Å². The zero-order valence-electron chi connectivity index (χ0n) is 13.6. The average Bonchev–Trinajstić information content (AvgIpc) is 3.23. The molecule has 122 valence electrons. The van der Waals surface area contributed by atoms with Crippen LogP contribution in [0.15, 0.2) is 54.6 Å². The van der Waals surface area contributed by atoms with Crippen molar-refractivity contribution in [3.8, 4) is 0 Å². The molecule has 1 N–H and O–H groups in total. The summed E-state index contributed by atoms with van der Waals surface area (Å²) < 4.78 is 3.74. The third-order valence-electron chi connectivity index (χ3n) is 4.43. The lowest BCUT2D eigenvalue weighted by atomic mass is 10.1. The molecule has 3 heterocycles. The number of fused-ring (bicyclic) bond motifs is 4. The second kappa shape index (κ2) is 5.27. The van der Waals surface area contributed by atoms with Crippen molar-refractivity contribution in [2.75, 3.05) is 5.32 Å². The lowest BCUT2D eigenvalue weighted by Crippen LogP contribution is -2.00. The van der Waals surface area contributed by atoms with Crippen LogP contribution in [-0.2, 0) is 6.54 Å². The van der Waals surface area contributed by atoms with Gasteiger partial charge in [-0.05, 0) is 53.7 Å². The Bertz CT molecular complexity index is 1220. The number of aryl methyl sites for hydroxylation is 1. The third-order valence-corrected chi connectivity index (χ3v) is 4.43. The molecule has 0 atom stereocenters. The Balaban J connectivity index is 1.63. The summed E-state index contributed by atoms with van der Waals surface area (Å²) in [6, 6.07) is 18.6. The van der Waals surface area contributed by atoms with Crippen LogP contribution >= 0.6 is 0 Å². The highest BCUT2D eigenvalue weighted by molar-refractivity contribution is 6.09. The molecule has 0 radical (unpaired) electrons. The number of aromatic nitrogens is 6. The fraction of sp³-hybridized carbons (Fsp3) is 0.111. The molecular weight excluding hydrogens is 314 g/mol. The summed E-state index contributed by atoms with van der Waals surface area (Å²) in [6.07, 6.45) is 0. The van der Waals surface area contributed by atoms with Crippen molar-refractivity contribution >= 4 is 39.0 Å². The number of benzene rings is 2. The molecular formula is C18H15N7. The Kier molecular flexibility index (Phi) is 2.93. The molecule has 0 spiro atoms. The van der Waals surface area contributed by atoms with Gasteiger partial charge in [-0.1, -0.05) is 18.2 Å². The first kappa shape index (κ1) is 13.9. The first-order valence-electron chi connectivity index (χ1n) is 8.17. The summed E-state index contributed by atoms with van der Waals surface area (Å²) >= 11 is 0. The van der Waals surface area contributed by atoms with E-state index in [0.29, 0.717) is 11.5 Å². The monoisotopic (exact) mass is 329 g/mol. The highest BCUT2D eigenvalue weighted by Crippen LogP contribution is 2.31. The number of anilines is 2. The molecule has 0 saturated carbocycles. The maximum Gasteiger partial charge on any atom is 0.200 e. The van der Waals surface area contributed by atoms with Crippen LogP contribution in [0.4, 0.5) is 11.5 Å². The molecule has 5 rings (SSSR count). The molecule has 0 saturated heterocycles. The van der Waals surface area contributed by atoms with E-state index in [4.69, 9.17) is 0 Å². The van der Waals surface area contributed by atoms with E-state index in [1.165, 1.54) is 26.4 Å². The molecule has 0 amide bonds. The smallest absolute Gasteiger partial charge is 0.200 e. The molecule has 0 aliphatic heterocycles. The van der Waals surface area contributed by atoms with Crippen LogP contribution in [0.1, 0.15) is 6.92 Å². The maximum atomic E-state index is 4.36. The van der Waals surface area contributed by atoms with Gasteiger partial charge < -0.3 is 9.88 Å². The van der Waals surface area contributed by atoms with Gasteiger partial charge in [0.05, 0.1) is 0 Å². The number of para-hydroxylation sites is 1. The molecule has 0 fully saturated rings. The molecule has 2 aromatic carbocycles. The largest absolute Gasteiger partial charge is 0.341 e. The Morgan fingerprint density at radius 2 is 1.84 bits per heavy atom. The quantitative estimate of drug-likeness (QED) is 0.549. The molecule has 0 aliphatic rings. The predicted molar refractivity (Wildman–Crippen MR) is 97.0 cm³/mol. The van der Waals surface area contributed by atoms with Crippen LogP contribution < -0.4 is 5.32 Å². The number of rotatable bonds is 3. The number of hydrogen-bond donors (Lipinski definition) is 1. The van der Waals surface area contributed by atoms with Crippen molar-refractivity contribution in [3.63, 3.8) is 0 Å². The summed E-state index contributed by atoms with van der Waals surface area (Å²) in [5.74, 6) is 0.693. The SMILES string of the molecule is CCn1c2ccccc2c2cc(Nc3ccc4nnnn4n3)ccc21. The average molecular weight is 329 g/mol. The second-order valence-electron chi connectivity index (χ2n) is 5.86. The van der Waals surface area contributed by atoms with Crippen molar-refractivity contribution in [2.45, 2.75) is 13.5 Å². The normalized spacial score (nSPS) is 11.6. The molecule has 5 aromatic rings. The Morgan fingerprint density at radius 1 is 0.960 bits per heavy atom. The minimum absolute atomic E-state index is 0.618. The lowest BCUT2D eigenvalue weighted by Gasteiger charge is -2.06. The number of nitrogens with one attached hydrogen (secondary N) is 1. The van der Waals surface area contributed by atoms with Crippen molar-refractivity contribution in [2.24, 2.45) is 0 Å². The lowest BCUT2D eigenvalue weighted by molar-refractivity contribution is 0.736. The van der Waals surface area contributed by atoms with E-state index in [9.17, 15) is 0 Å². The fourth-order valence-electron chi connectivity index (χ4n) is 3.34. The van der Waals surface area contributed by atoms with Gasteiger partial charge >= 0.3 is 0 Å². The van der Waals surface area contributed by atoms with Crippen LogP contribution in [0.3, 0.4) is 0 Å². The van der Waals surface area contributed by atoms with Gasteiger partial charge in [-0.2, -0.15) is 0 Å². The van der Waals surface area contributed by atoms with Crippen molar-refractivity contribution in [3.05, 3.63) is 54.6 Å². The van der Waals surface area contributed by atoms with Crippen LogP contribution in [0.5, 0.6) is 0 Å². The predicted octanol–water partition coefficient (Wildman–Crippen LogP) is 3.39. The molecule has 3 aromatic heterocycles. The van der Waals surface area contributed by atoms with E-state index in [2.05, 4.69) is 79.9 Å². The summed E-state index contributed by atoms with van der Waals surface area (Å²) in [7, 11) is 0. The Morgan fingerprint density at radius 3 is 2.76 bits per heavy atom. The molecule has 0 aliphatic carbocycles. The van der Waals surface area contributed by atoms with E-state index >= 15 is 0 Å². The molecule has 7 heteroatoms. The number of nitrogens with zero attached hydrogens (tertiary/aromatic N) is 6. The fourth-order valence-corrected chi connectivity index (χ4v) is 3.34. The molecule has 0 unspecified atom stereocenters. The topological polar surface area (TPSA) is 72.9 Å². The maximum absolute atomic E-state index is 4.36. The van der Waals surface area contributed by atoms with Gasteiger partial charge in [0.2, 0.25) is 0 Å². The van der Waals surface area contributed by atoms with Gasteiger partial charge in [0.25, 0.3) is 0 Å². The van der Waals surface area contributed by atoms with Gasteiger partial charge in [0, 0.05) is 34.0 Å².